The molecular weight excluding hydrogens is 797 g/mol. The summed E-state index contributed by atoms with van der Waals surface area (Å²) in [5.41, 5.74) is 15.3. The largest absolute Gasteiger partial charge is 0.453 e. The van der Waals surface area contributed by atoms with Gasteiger partial charge in [-0.3, -0.25) is 0 Å². The molecular formula is C60H38N2OS. The Bertz CT molecular complexity index is 3850. The molecule has 0 unspecified atom stereocenters. The summed E-state index contributed by atoms with van der Waals surface area (Å²) in [6.45, 7) is 0. The first-order valence-corrected chi connectivity index (χ1v) is 22.6. The standard InChI is InChI=1S/C60H38N2OS/c1-4-17-39(18-5-1)42-33-34-51-56(37-42)64-60-46(41-21-8-3-9-22-41)35-36-54(57(51)60)62(44-24-14-23-43(38-44)61-52-30-12-10-25-47(52)48-26-11-13-31-53(48)61)55-32-16-29-50-49-28-15-27-45(58(49)63-59(50)55)40-19-6-2-7-20-40/h1-38H. The van der Waals surface area contributed by atoms with Crippen molar-refractivity contribution in [3.05, 3.63) is 231 Å². The smallest absolute Gasteiger partial charge is 0.159 e. The maximum absolute atomic E-state index is 7.21. The first-order chi connectivity index (χ1) is 31.8. The molecule has 3 aromatic heterocycles. The van der Waals surface area contributed by atoms with Gasteiger partial charge in [-0.15, -0.1) is 11.3 Å². The van der Waals surface area contributed by atoms with Crippen LogP contribution in [0.2, 0.25) is 0 Å². The highest BCUT2D eigenvalue weighted by Crippen LogP contribution is 2.51. The van der Waals surface area contributed by atoms with Crippen LogP contribution in [0.5, 0.6) is 0 Å². The summed E-state index contributed by atoms with van der Waals surface area (Å²) in [6, 6.07) is 83.2. The quantitative estimate of drug-likeness (QED) is 0.159. The predicted octanol–water partition coefficient (Wildman–Crippen LogP) is 17.5. The van der Waals surface area contributed by atoms with Crippen molar-refractivity contribution in [3.63, 3.8) is 0 Å². The van der Waals surface area contributed by atoms with Crippen LogP contribution < -0.4 is 4.90 Å². The van der Waals surface area contributed by atoms with Gasteiger partial charge in [0.25, 0.3) is 0 Å². The molecule has 0 spiro atoms. The van der Waals surface area contributed by atoms with E-state index in [1.165, 1.54) is 64.2 Å². The van der Waals surface area contributed by atoms with Gasteiger partial charge in [0.05, 0.1) is 22.4 Å². The third-order valence-corrected chi connectivity index (χ3v) is 14.0. The SMILES string of the molecule is c1ccc(-c2ccc3c(c2)sc2c(-c4ccccc4)ccc(N(c4cccc(-n5c6ccccc6c6ccccc65)c4)c4cccc5c4oc4c(-c6ccccc6)cccc45)c23)cc1. The van der Waals surface area contributed by atoms with Crippen molar-refractivity contribution in [3.8, 4) is 39.1 Å². The molecule has 300 valence electrons. The molecule has 0 saturated heterocycles. The van der Waals surface area contributed by atoms with Gasteiger partial charge in [-0.05, 0) is 76.3 Å². The van der Waals surface area contributed by atoms with Crippen molar-refractivity contribution in [2.75, 3.05) is 4.90 Å². The van der Waals surface area contributed by atoms with Gasteiger partial charge >= 0.3 is 0 Å². The average Bonchev–Trinajstić information content (AvgIpc) is 4.05. The normalized spacial score (nSPS) is 11.8. The third-order valence-electron chi connectivity index (χ3n) is 12.8. The summed E-state index contributed by atoms with van der Waals surface area (Å²) in [4.78, 5) is 2.44. The van der Waals surface area contributed by atoms with Crippen molar-refractivity contribution in [1.82, 2.24) is 4.57 Å². The second-order valence-electron chi connectivity index (χ2n) is 16.4. The summed E-state index contributed by atoms with van der Waals surface area (Å²) in [5.74, 6) is 0. The molecule has 3 nitrogen and oxygen atoms in total. The summed E-state index contributed by atoms with van der Waals surface area (Å²) in [6.07, 6.45) is 0. The van der Waals surface area contributed by atoms with Gasteiger partial charge in [-0.1, -0.05) is 182 Å². The van der Waals surface area contributed by atoms with Gasteiger partial charge in [0.15, 0.2) is 5.58 Å². The Morgan fingerprint density at radius 3 is 1.69 bits per heavy atom. The van der Waals surface area contributed by atoms with E-state index in [1.54, 1.807) is 0 Å². The van der Waals surface area contributed by atoms with E-state index in [4.69, 9.17) is 4.42 Å². The molecule has 0 radical (unpaired) electrons. The molecule has 3 heterocycles. The second kappa shape index (κ2) is 14.7. The zero-order valence-corrected chi connectivity index (χ0v) is 35.5. The monoisotopic (exact) mass is 834 g/mol. The average molecular weight is 835 g/mol. The van der Waals surface area contributed by atoms with Crippen LogP contribution in [0.1, 0.15) is 0 Å². The lowest BCUT2D eigenvalue weighted by Gasteiger charge is -2.27. The molecule has 0 N–H and O–H groups in total. The molecule has 0 saturated carbocycles. The Kier molecular flexibility index (Phi) is 8.40. The summed E-state index contributed by atoms with van der Waals surface area (Å²) in [7, 11) is 0. The fourth-order valence-electron chi connectivity index (χ4n) is 9.91. The fraction of sp³-hybridized carbons (Fsp3) is 0. The van der Waals surface area contributed by atoms with Crippen molar-refractivity contribution in [2.45, 2.75) is 0 Å². The number of rotatable bonds is 7. The molecule has 0 aliphatic heterocycles. The number of fused-ring (bicyclic) bond motifs is 9. The van der Waals surface area contributed by atoms with E-state index < -0.39 is 0 Å². The summed E-state index contributed by atoms with van der Waals surface area (Å²) >= 11 is 1.87. The highest BCUT2D eigenvalue weighted by Gasteiger charge is 2.26. The minimum atomic E-state index is 0.842. The van der Waals surface area contributed by atoms with E-state index in [9.17, 15) is 0 Å². The Labute approximate surface area is 373 Å². The lowest BCUT2D eigenvalue weighted by Crippen LogP contribution is -2.11. The molecule has 0 atom stereocenters. The lowest BCUT2D eigenvalue weighted by molar-refractivity contribution is 0.670. The predicted molar refractivity (Wildman–Crippen MR) is 272 cm³/mol. The van der Waals surface area contributed by atoms with Crippen LogP contribution >= 0.6 is 11.3 Å². The van der Waals surface area contributed by atoms with Crippen LogP contribution in [-0.2, 0) is 0 Å². The minimum Gasteiger partial charge on any atom is -0.453 e. The molecule has 10 aromatic carbocycles. The van der Waals surface area contributed by atoms with E-state index in [2.05, 4.69) is 240 Å². The van der Waals surface area contributed by atoms with Gasteiger partial charge < -0.3 is 13.9 Å². The van der Waals surface area contributed by atoms with Crippen LogP contribution in [0.3, 0.4) is 0 Å². The topological polar surface area (TPSA) is 21.3 Å². The Balaban J connectivity index is 1.12. The molecule has 0 aliphatic carbocycles. The Hall–Kier alpha value is -8.18. The number of hydrogen-bond donors (Lipinski definition) is 0. The third kappa shape index (κ3) is 5.73. The van der Waals surface area contributed by atoms with Crippen LogP contribution in [0, 0.1) is 0 Å². The zero-order chi connectivity index (χ0) is 42.1. The van der Waals surface area contributed by atoms with E-state index in [0.29, 0.717) is 0 Å². The maximum atomic E-state index is 7.21. The number of furan rings is 1. The van der Waals surface area contributed by atoms with E-state index >= 15 is 0 Å². The number of anilines is 3. The zero-order valence-electron chi connectivity index (χ0n) is 34.7. The van der Waals surface area contributed by atoms with E-state index in [1.807, 2.05) is 11.3 Å². The van der Waals surface area contributed by atoms with Gasteiger partial charge in [0.1, 0.15) is 5.58 Å². The fourth-order valence-corrected chi connectivity index (χ4v) is 11.2. The lowest BCUT2D eigenvalue weighted by atomic mass is 9.98. The van der Waals surface area contributed by atoms with Gasteiger partial charge in [0.2, 0.25) is 0 Å². The number of nitrogens with zero attached hydrogens (tertiary/aromatic N) is 2. The molecule has 64 heavy (non-hydrogen) atoms. The molecule has 13 rings (SSSR count). The minimum absolute atomic E-state index is 0.842. The van der Waals surface area contributed by atoms with Crippen molar-refractivity contribution < 1.29 is 4.42 Å². The number of hydrogen-bond acceptors (Lipinski definition) is 3. The summed E-state index contributed by atoms with van der Waals surface area (Å²) in [5, 5.41) is 7.07. The van der Waals surface area contributed by atoms with Crippen molar-refractivity contribution in [1.29, 1.82) is 0 Å². The van der Waals surface area contributed by atoms with Gasteiger partial charge in [-0.2, -0.15) is 0 Å². The number of thiophene rings is 1. The highest BCUT2D eigenvalue weighted by molar-refractivity contribution is 7.26. The molecule has 13 aromatic rings. The van der Waals surface area contributed by atoms with Crippen molar-refractivity contribution >= 4 is 92.3 Å². The van der Waals surface area contributed by atoms with Crippen molar-refractivity contribution in [2.24, 2.45) is 0 Å². The van der Waals surface area contributed by atoms with Crippen LogP contribution in [0.15, 0.2) is 235 Å². The number of para-hydroxylation sites is 4. The highest BCUT2D eigenvalue weighted by atomic mass is 32.1. The van der Waals surface area contributed by atoms with E-state index in [-0.39, 0.29) is 0 Å². The van der Waals surface area contributed by atoms with Crippen LogP contribution in [-0.4, -0.2) is 4.57 Å². The molecule has 4 heteroatoms. The van der Waals surface area contributed by atoms with Gasteiger partial charge in [0, 0.05) is 58.7 Å². The van der Waals surface area contributed by atoms with Gasteiger partial charge in [-0.25, -0.2) is 0 Å². The maximum Gasteiger partial charge on any atom is 0.159 e. The molecule has 0 aliphatic rings. The Morgan fingerprint density at radius 1 is 0.375 bits per heavy atom. The Morgan fingerprint density at radius 2 is 0.969 bits per heavy atom. The first kappa shape index (κ1) is 36.5. The molecule has 0 amide bonds. The first-order valence-electron chi connectivity index (χ1n) is 21.8. The second-order valence-corrected chi connectivity index (χ2v) is 17.5. The van der Waals surface area contributed by atoms with Crippen LogP contribution in [0.4, 0.5) is 17.1 Å². The summed E-state index contributed by atoms with van der Waals surface area (Å²) < 4.78 is 12.1. The number of aromatic nitrogens is 1. The molecule has 0 fully saturated rings. The molecule has 0 bridgehead atoms. The van der Waals surface area contributed by atoms with E-state index in [0.717, 1.165) is 55.8 Å². The number of benzene rings is 10. The van der Waals surface area contributed by atoms with Crippen LogP contribution in [0.25, 0.3) is 103 Å².